The predicted molar refractivity (Wildman–Crippen MR) is 56.7 cm³/mol. The largest absolute Gasteiger partial charge is 0.349 e. The monoisotopic (exact) mass is 208 g/mol. The van der Waals surface area contributed by atoms with E-state index in [1.54, 1.807) is 18.3 Å². The van der Waals surface area contributed by atoms with Gasteiger partial charge in [-0.1, -0.05) is 13.8 Å². The Bertz CT molecular complexity index is 312. The fourth-order valence-corrected chi connectivity index (χ4v) is 1.03. The first-order chi connectivity index (χ1) is 7.11. The molecule has 3 N–H and O–H groups in total. The van der Waals surface area contributed by atoms with Gasteiger partial charge in [-0.15, -0.1) is 0 Å². The van der Waals surface area contributed by atoms with E-state index in [0.29, 0.717) is 6.54 Å². The van der Waals surface area contributed by atoms with Crippen molar-refractivity contribution < 1.29 is 4.79 Å². The van der Waals surface area contributed by atoms with Crippen LogP contribution < -0.4 is 11.1 Å². The van der Waals surface area contributed by atoms with Gasteiger partial charge in [0.15, 0.2) is 0 Å². The molecule has 0 aromatic carbocycles. The second kappa shape index (κ2) is 5.41. The van der Waals surface area contributed by atoms with E-state index in [1.165, 1.54) is 0 Å². The Kier molecular flexibility index (Phi) is 4.17. The van der Waals surface area contributed by atoms with Gasteiger partial charge in [-0.2, -0.15) is 10.2 Å². The number of hydrogen-bond acceptors (Lipinski definition) is 4. The molecule has 0 aliphatic rings. The summed E-state index contributed by atoms with van der Waals surface area (Å²) in [4.78, 5) is 11.5. The lowest BCUT2D eigenvalue weighted by atomic mass is 10.1. The van der Waals surface area contributed by atoms with Crippen LogP contribution in [-0.2, 0) is 11.3 Å². The van der Waals surface area contributed by atoms with E-state index in [9.17, 15) is 4.79 Å². The van der Waals surface area contributed by atoms with Gasteiger partial charge in [0.25, 0.3) is 0 Å². The quantitative estimate of drug-likeness (QED) is 0.734. The first kappa shape index (κ1) is 11.6. The Morgan fingerprint density at radius 2 is 2.33 bits per heavy atom. The minimum atomic E-state index is -0.471. The van der Waals surface area contributed by atoms with Gasteiger partial charge in [0.2, 0.25) is 5.91 Å². The molecule has 0 aliphatic heterocycles. The van der Waals surface area contributed by atoms with Crippen molar-refractivity contribution in [3.8, 4) is 0 Å². The summed E-state index contributed by atoms with van der Waals surface area (Å²) in [6.45, 7) is 4.19. The van der Waals surface area contributed by atoms with Gasteiger partial charge in [0.1, 0.15) is 0 Å². The molecule has 15 heavy (non-hydrogen) atoms. The molecule has 5 heteroatoms. The molecule has 0 spiro atoms. The molecular weight excluding hydrogens is 192 g/mol. The average molecular weight is 208 g/mol. The highest BCUT2D eigenvalue weighted by Crippen LogP contribution is 1.98. The van der Waals surface area contributed by atoms with Crippen molar-refractivity contribution in [1.82, 2.24) is 15.5 Å². The number of amides is 1. The Morgan fingerprint density at radius 1 is 1.60 bits per heavy atom. The predicted octanol–water partition coefficient (Wildman–Crippen LogP) is 0.0761. The summed E-state index contributed by atoms with van der Waals surface area (Å²) in [6, 6.07) is 3.10. The molecule has 1 amide bonds. The highest BCUT2D eigenvalue weighted by Gasteiger charge is 2.16. The lowest BCUT2D eigenvalue weighted by Crippen LogP contribution is -2.43. The molecule has 1 heterocycles. The zero-order chi connectivity index (χ0) is 11.3. The number of carbonyl (C=O) groups is 1. The van der Waals surface area contributed by atoms with Crippen LogP contribution in [-0.4, -0.2) is 22.1 Å². The Morgan fingerprint density at radius 3 is 2.87 bits per heavy atom. The number of nitrogens with one attached hydrogen (secondary N) is 1. The fraction of sp³-hybridized carbons (Fsp3) is 0.500. The van der Waals surface area contributed by atoms with E-state index in [-0.39, 0.29) is 11.8 Å². The molecule has 0 unspecified atom stereocenters. The van der Waals surface area contributed by atoms with Crippen molar-refractivity contribution in [3.05, 3.63) is 24.0 Å². The highest BCUT2D eigenvalue weighted by atomic mass is 16.2. The maximum Gasteiger partial charge on any atom is 0.237 e. The minimum Gasteiger partial charge on any atom is -0.349 e. The third-order valence-electron chi connectivity index (χ3n) is 2.09. The normalized spacial score (nSPS) is 12.5. The lowest BCUT2D eigenvalue weighted by molar-refractivity contribution is -0.123. The average Bonchev–Trinajstić information content (AvgIpc) is 2.26. The number of hydrogen-bond donors (Lipinski definition) is 2. The molecule has 0 bridgehead atoms. The van der Waals surface area contributed by atoms with Gasteiger partial charge in [-0.05, 0) is 18.1 Å². The second-order valence-corrected chi connectivity index (χ2v) is 3.70. The van der Waals surface area contributed by atoms with Gasteiger partial charge in [-0.25, -0.2) is 0 Å². The molecule has 5 nitrogen and oxygen atoms in total. The number of nitrogens with two attached hydrogens (primary N) is 1. The van der Waals surface area contributed by atoms with E-state index in [1.807, 2.05) is 13.8 Å². The molecule has 82 valence electrons. The van der Waals surface area contributed by atoms with Crippen LogP contribution in [0.5, 0.6) is 0 Å². The van der Waals surface area contributed by atoms with Crippen LogP contribution in [0.1, 0.15) is 19.5 Å². The maximum absolute atomic E-state index is 11.5. The van der Waals surface area contributed by atoms with Crippen LogP contribution in [0.4, 0.5) is 0 Å². The smallest absolute Gasteiger partial charge is 0.237 e. The molecular formula is C10H16N4O. The number of nitrogens with zero attached hydrogens (tertiary/aromatic N) is 2. The Balaban J connectivity index is 2.41. The lowest BCUT2D eigenvalue weighted by Gasteiger charge is -2.14. The topological polar surface area (TPSA) is 80.9 Å². The molecule has 0 fully saturated rings. The molecule has 1 atom stereocenters. The third-order valence-corrected chi connectivity index (χ3v) is 2.09. The first-order valence-electron chi connectivity index (χ1n) is 4.91. The second-order valence-electron chi connectivity index (χ2n) is 3.70. The number of carbonyl (C=O) groups excluding carboxylic acids is 1. The summed E-state index contributed by atoms with van der Waals surface area (Å²) >= 11 is 0. The van der Waals surface area contributed by atoms with Crippen LogP contribution in [0.15, 0.2) is 18.3 Å². The zero-order valence-corrected chi connectivity index (χ0v) is 8.97. The highest BCUT2D eigenvalue weighted by molar-refractivity contribution is 5.81. The standard InChI is InChI=1S/C10H16N4O/c1-7(2)9(11)10(15)12-6-8-4-3-5-13-14-8/h3-5,7,9H,6,11H2,1-2H3,(H,12,15)/t9-/m1/s1. The third kappa shape index (κ3) is 3.63. The van der Waals surface area contributed by atoms with Crippen molar-refractivity contribution in [3.63, 3.8) is 0 Å². The maximum atomic E-state index is 11.5. The Hall–Kier alpha value is -1.49. The van der Waals surface area contributed by atoms with Crippen molar-refractivity contribution in [2.45, 2.75) is 26.4 Å². The van der Waals surface area contributed by atoms with Gasteiger partial charge in [-0.3, -0.25) is 4.79 Å². The van der Waals surface area contributed by atoms with Crippen molar-refractivity contribution >= 4 is 5.91 Å². The number of rotatable bonds is 4. The van der Waals surface area contributed by atoms with Crippen LogP contribution in [0.2, 0.25) is 0 Å². The molecule has 1 rings (SSSR count). The molecule has 1 aromatic heterocycles. The van der Waals surface area contributed by atoms with Crippen molar-refractivity contribution in [1.29, 1.82) is 0 Å². The van der Waals surface area contributed by atoms with E-state index in [2.05, 4.69) is 15.5 Å². The minimum absolute atomic E-state index is 0.131. The van der Waals surface area contributed by atoms with Gasteiger partial charge >= 0.3 is 0 Å². The van der Waals surface area contributed by atoms with E-state index < -0.39 is 6.04 Å². The van der Waals surface area contributed by atoms with E-state index in [4.69, 9.17) is 5.73 Å². The van der Waals surface area contributed by atoms with Crippen LogP contribution >= 0.6 is 0 Å². The van der Waals surface area contributed by atoms with E-state index >= 15 is 0 Å². The molecule has 0 saturated carbocycles. The molecule has 0 radical (unpaired) electrons. The summed E-state index contributed by atoms with van der Waals surface area (Å²) in [7, 11) is 0. The summed E-state index contributed by atoms with van der Waals surface area (Å²) in [6.07, 6.45) is 1.59. The Labute approximate surface area is 89.1 Å². The summed E-state index contributed by atoms with van der Waals surface area (Å²) in [5.74, 6) is -0.0255. The summed E-state index contributed by atoms with van der Waals surface area (Å²) in [5.41, 5.74) is 6.40. The van der Waals surface area contributed by atoms with Crippen molar-refractivity contribution in [2.24, 2.45) is 11.7 Å². The summed E-state index contributed by atoms with van der Waals surface area (Å²) in [5, 5.41) is 10.3. The fourth-order valence-electron chi connectivity index (χ4n) is 1.03. The van der Waals surface area contributed by atoms with Gasteiger partial charge in [0.05, 0.1) is 18.3 Å². The zero-order valence-electron chi connectivity index (χ0n) is 8.97. The van der Waals surface area contributed by atoms with E-state index in [0.717, 1.165) is 5.69 Å². The first-order valence-corrected chi connectivity index (χ1v) is 4.91. The van der Waals surface area contributed by atoms with Crippen LogP contribution in [0.3, 0.4) is 0 Å². The molecule has 1 aromatic rings. The van der Waals surface area contributed by atoms with Gasteiger partial charge < -0.3 is 11.1 Å². The molecule has 0 aliphatic carbocycles. The van der Waals surface area contributed by atoms with Crippen LogP contribution in [0, 0.1) is 5.92 Å². The van der Waals surface area contributed by atoms with Gasteiger partial charge in [0, 0.05) is 6.20 Å². The SMILES string of the molecule is CC(C)[C@@H](N)C(=O)NCc1cccnn1. The molecule has 0 saturated heterocycles. The van der Waals surface area contributed by atoms with Crippen LogP contribution in [0.25, 0.3) is 0 Å². The van der Waals surface area contributed by atoms with Crippen molar-refractivity contribution in [2.75, 3.05) is 0 Å². The summed E-state index contributed by atoms with van der Waals surface area (Å²) < 4.78 is 0. The number of aromatic nitrogens is 2.